The van der Waals surface area contributed by atoms with Crippen LogP contribution >= 0.6 is 11.3 Å². The first-order valence-electron chi connectivity index (χ1n) is 7.66. The number of hydrogen-bond donors (Lipinski definition) is 1. The van der Waals surface area contributed by atoms with Gasteiger partial charge in [-0.15, -0.1) is 11.3 Å². The summed E-state index contributed by atoms with van der Waals surface area (Å²) in [6.45, 7) is 0.546. The van der Waals surface area contributed by atoms with Crippen LogP contribution in [0.5, 0.6) is 0 Å². The molecule has 0 radical (unpaired) electrons. The third-order valence-electron chi connectivity index (χ3n) is 4.12. The number of hydrogen-bond acceptors (Lipinski definition) is 4. The number of fused-ring (bicyclic) bond motifs is 1. The van der Waals surface area contributed by atoms with Crippen LogP contribution in [0, 0.1) is 0 Å². The van der Waals surface area contributed by atoms with E-state index < -0.39 is 9.84 Å². The van der Waals surface area contributed by atoms with Crippen LogP contribution in [-0.2, 0) is 29.2 Å². The number of aryl methyl sites for hydroxylation is 2. The molecule has 1 aliphatic rings. The van der Waals surface area contributed by atoms with Gasteiger partial charge < -0.3 is 5.32 Å². The molecule has 1 aromatic carbocycles. The summed E-state index contributed by atoms with van der Waals surface area (Å²) >= 11 is 1.29. The van der Waals surface area contributed by atoms with Crippen LogP contribution in [-0.4, -0.2) is 14.7 Å². The number of rotatable bonds is 4. The monoisotopic (exact) mass is 335 g/mol. The predicted molar refractivity (Wildman–Crippen MR) is 92.5 cm³/mol. The Labute approximate surface area is 136 Å². The normalized spacial score (nSPS) is 15.1. The molecule has 118 valence electrons. The minimum absolute atomic E-state index is 0.467. The van der Waals surface area contributed by atoms with Crippen LogP contribution in [0.4, 0.5) is 5.69 Å². The highest BCUT2D eigenvalue weighted by atomic mass is 32.2. The van der Waals surface area contributed by atoms with Crippen molar-refractivity contribution in [3.8, 4) is 0 Å². The van der Waals surface area contributed by atoms with Gasteiger partial charge in [0.1, 0.15) is 4.21 Å². The van der Waals surface area contributed by atoms with Gasteiger partial charge in [0.15, 0.2) is 9.84 Å². The smallest absolute Gasteiger partial charge is 0.185 e. The van der Waals surface area contributed by atoms with E-state index in [1.807, 2.05) is 11.4 Å². The third kappa shape index (κ3) is 3.52. The molecule has 0 unspecified atom stereocenters. The lowest BCUT2D eigenvalue weighted by atomic mass is 10.0. The fourth-order valence-corrected chi connectivity index (χ4v) is 5.13. The molecule has 0 atom stereocenters. The second kappa shape index (κ2) is 6.42. The average molecular weight is 335 g/mol. The van der Waals surface area contributed by atoms with Gasteiger partial charge in [-0.1, -0.05) is 12.5 Å². The molecule has 1 aliphatic carbocycles. The lowest BCUT2D eigenvalue weighted by Crippen LogP contribution is -2.04. The van der Waals surface area contributed by atoms with Gasteiger partial charge in [-0.05, 0) is 60.4 Å². The summed E-state index contributed by atoms with van der Waals surface area (Å²) in [6.07, 6.45) is 7.46. The van der Waals surface area contributed by atoms with E-state index in [-0.39, 0.29) is 0 Å². The largest absolute Gasteiger partial charge is 0.381 e. The van der Waals surface area contributed by atoms with Crippen molar-refractivity contribution in [1.82, 2.24) is 0 Å². The molecule has 1 N–H and O–H groups in total. The van der Waals surface area contributed by atoms with Crippen molar-refractivity contribution < 1.29 is 8.42 Å². The van der Waals surface area contributed by atoms with Crippen LogP contribution in [0.1, 0.15) is 36.0 Å². The van der Waals surface area contributed by atoms with E-state index in [4.69, 9.17) is 0 Å². The van der Waals surface area contributed by atoms with Crippen molar-refractivity contribution in [2.75, 3.05) is 11.6 Å². The Bertz CT molecular complexity index is 763. The van der Waals surface area contributed by atoms with E-state index in [1.54, 1.807) is 0 Å². The first-order valence-corrected chi connectivity index (χ1v) is 10.4. The highest BCUT2D eigenvalue weighted by Gasteiger charge is 2.15. The molecule has 22 heavy (non-hydrogen) atoms. The van der Waals surface area contributed by atoms with Crippen molar-refractivity contribution >= 4 is 26.9 Å². The van der Waals surface area contributed by atoms with E-state index in [0.29, 0.717) is 10.8 Å². The topological polar surface area (TPSA) is 46.2 Å². The minimum Gasteiger partial charge on any atom is -0.381 e. The molecular formula is C17H21NO2S2. The summed E-state index contributed by atoms with van der Waals surface area (Å²) in [4.78, 5) is 0. The van der Waals surface area contributed by atoms with E-state index in [2.05, 4.69) is 23.5 Å². The average Bonchev–Trinajstić information content (AvgIpc) is 2.83. The van der Waals surface area contributed by atoms with Gasteiger partial charge in [-0.2, -0.15) is 0 Å². The fourth-order valence-electron chi connectivity index (χ4n) is 3.00. The highest BCUT2D eigenvalue weighted by Crippen LogP contribution is 2.26. The Morgan fingerprint density at radius 2 is 1.86 bits per heavy atom. The molecule has 0 amide bonds. The van der Waals surface area contributed by atoms with Crippen molar-refractivity contribution in [2.45, 2.75) is 42.9 Å². The second-order valence-corrected chi connectivity index (χ2v) is 9.03. The third-order valence-corrected chi connectivity index (χ3v) is 7.01. The van der Waals surface area contributed by atoms with Gasteiger partial charge in [0.25, 0.3) is 0 Å². The summed E-state index contributed by atoms with van der Waals surface area (Å²) in [5.74, 6) is 0. The van der Waals surface area contributed by atoms with Crippen LogP contribution < -0.4 is 5.32 Å². The summed E-state index contributed by atoms with van der Waals surface area (Å²) in [7, 11) is -3.14. The summed E-state index contributed by atoms with van der Waals surface area (Å²) < 4.78 is 23.9. The molecule has 2 aromatic rings. The number of nitrogens with one attached hydrogen (secondary N) is 1. The van der Waals surface area contributed by atoms with Crippen LogP contribution in [0.3, 0.4) is 0 Å². The highest BCUT2D eigenvalue weighted by molar-refractivity contribution is 7.92. The Kier molecular flexibility index (Phi) is 4.54. The van der Waals surface area contributed by atoms with E-state index in [9.17, 15) is 8.42 Å². The quantitative estimate of drug-likeness (QED) is 0.858. The zero-order chi connectivity index (χ0) is 15.6. The molecule has 0 bridgehead atoms. The lowest BCUT2D eigenvalue weighted by Gasteiger charge is -2.11. The van der Waals surface area contributed by atoms with Crippen LogP contribution in [0.15, 0.2) is 33.9 Å². The number of thiophene rings is 1. The number of anilines is 1. The lowest BCUT2D eigenvalue weighted by molar-refractivity contribution is 0.603. The van der Waals surface area contributed by atoms with Crippen LogP contribution in [0.2, 0.25) is 0 Å². The SMILES string of the molecule is CS(=O)(=O)c1sccc1CNc1ccc2c(c1)CCCCC2. The predicted octanol–water partition coefficient (Wildman–Crippen LogP) is 4.03. The maximum absolute atomic E-state index is 11.7. The Hall–Kier alpha value is -1.33. The zero-order valence-electron chi connectivity index (χ0n) is 12.8. The molecule has 0 saturated carbocycles. The maximum atomic E-state index is 11.7. The first-order chi connectivity index (χ1) is 10.5. The molecule has 0 fully saturated rings. The summed E-state index contributed by atoms with van der Waals surface area (Å²) in [5.41, 5.74) is 4.83. The molecular weight excluding hydrogens is 314 g/mol. The molecule has 5 heteroatoms. The summed E-state index contributed by atoms with van der Waals surface area (Å²) in [5, 5.41) is 5.21. The number of sulfone groups is 1. The molecule has 0 saturated heterocycles. The second-order valence-electron chi connectivity index (χ2n) is 5.90. The zero-order valence-corrected chi connectivity index (χ0v) is 14.4. The van der Waals surface area contributed by atoms with Crippen molar-refractivity contribution in [3.63, 3.8) is 0 Å². The Morgan fingerprint density at radius 1 is 1.09 bits per heavy atom. The van der Waals surface area contributed by atoms with E-state index in [1.165, 1.54) is 54.4 Å². The Morgan fingerprint density at radius 3 is 2.64 bits per heavy atom. The standard InChI is InChI=1S/C17H21NO2S2/c1-22(19,20)17-15(9-10-21-17)12-18-16-8-7-13-5-3-2-4-6-14(13)11-16/h7-11,18H,2-6,12H2,1H3. The van der Waals surface area contributed by atoms with Gasteiger partial charge in [0.05, 0.1) is 0 Å². The maximum Gasteiger partial charge on any atom is 0.185 e. The Balaban J connectivity index is 1.75. The molecule has 3 nitrogen and oxygen atoms in total. The van der Waals surface area contributed by atoms with Gasteiger partial charge in [-0.25, -0.2) is 8.42 Å². The van der Waals surface area contributed by atoms with E-state index in [0.717, 1.165) is 17.7 Å². The van der Waals surface area contributed by atoms with Gasteiger partial charge in [0, 0.05) is 24.1 Å². The minimum atomic E-state index is -3.14. The fraction of sp³-hybridized carbons (Fsp3) is 0.412. The van der Waals surface area contributed by atoms with Gasteiger partial charge >= 0.3 is 0 Å². The summed E-state index contributed by atoms with van der Waals surface area (Å²) in [6, 6.07) is 8.44. The van der Waals surface area contributed by atoms with Gasteiger partial charge in [-0.3, -0.25) is 0 Å². The van der Waals surface area contributed by atoms with Crippen LogP contribution in [0.25, 0.3) is 0 Å². The molecule has 1 heterocycles. The molecule has 0 aliphatic heterocycles. The molecule has 3 rings (SSSR count). The van der Waals surface area contributed by atoms with Gasteiger partial charge in [0.2, 0.25) is 0 Å². The first kappa shape index (κ1) is 15.6. The molecule has 1 aromatic heterocycles. The van der Waals surface area contributed by atoms with Crippen molar-refractivity contribution in [1.29, 1.82) is 0 Å². The van der Waals surface area contributed by atoms with Crippen molar-refractivity contribution in [3.05, 3.63) is 46.3 Å². The van der Waals surface area contributed by atoms with E-state index >= 15 is 0 Å². The van der Waals surface area contributed by atoms with Crippen molar-refractivity contribution in [2.24, 2.45) is 0 Å². The number of benzene rings is 1. The molecule has 0 spiro atoms.